The van der Waals surface area contributed by atoms with E-state index >= 15 is 0 Å². The van der Waals surface area contributed by atoms with Crippen LogP contribution in [0.1, 0.15) is 6.92 Å². The lowest BCUT2D eigenvalue weighted by Crippen LogP contribution is -2.03. The smallest absolute Gasteiger partial charge is 0.221 e. The summed E-state index contributed by atoms with van der Waals surface area (Å²) in [4.78, 5) is 40.4. The van der Waals surface area contributed by atoms with Crippen LogP contribution >= 0.6 is 0 Å². The summed E-state index contributed by atoms with van der Waals surface area (Å²) < 4.78 is 0. The summed E-state index contributed by atoms with van der Waals surface area (Å²) in [6, 6.07) is 0. The Morgan fingerprint density at radius 1 is 1.09 bits per heavy atom. The van der Waals surface area contributed by atoms with Gasteiger partial charge in [0.2, 0.25) is 11.6 Å². The van der Waals surface area contributed by atoms with E-state index in [0.717, 1.165) is 6.08 Å². The van der Waals surface area contributed by atoms with Gasteiger partial charge in [-0.25, -0.2) is 0 Å². The maximum absolute atomic E-state index is 10.5. The second kappa shape index (κ2) is 4.27. The third-order valence-corrected chi connectivity index (χ3v) is 0.971. The number of allylic oxidation sites excluding steroid dienone is 2. The Kier molecular flexibility index (Phi) is 3.66. The number of hydrogen-bond acceptors (Lipinski definition) is 4. The molecule has 0 saturated heterocycles. The molecule has 4 nitrogen and oxygen atoms in total. The molecule has 0 atom stereocenters. The average molecular weight is 154 g/mol. The minimum absolute atomic E-state index is 0.0305. The molecule has 11 heavy (non-hydrogen) atoms. The number of rotatable bonds is 4. The molecule has 4 heteroatoms. The molecular formula is C7H6O4. The maximum Gasteiger partial charge on any atom is 0.221 e. The van der Waals surface area contributed by atoms with Gasteiger partial charge < -0.3 is 0 Å². The van der Waals surface area contributed by atoms with Gasteiger partial charge in [-0.15, -0.1) is 0 Å². The Balaban J connectivity index is 4.45. The second-order valence-corrected chi connectivity index (χ2v) is 1.83. The summed E-state index contributed by atoms with van der Waals surface area (Å²) in [6.07, 6.45) is 0.981. The van der Waals surface area contributed by atoms with Crippen molar-refractivity contribution in [2.45, 2.75) is 6.92 Å². The van der Waals surface area contributed by atoms with Gasteiger partial charge >= 0.3 is 0 Å². The second-order valence-electron chi connectivity index (χ2n) is 1.83. The number of aldehydes is 2. The third-order valence-electron chi connectivity index (χ3n) is 0.971. The number of ketones is 2. The Bertz CT molecular complexity index is 237. The molecule has 0 aliphatic heterocycles. The predicted molar refractivity (Wildman–Crippen MR) is 35.9 cm³/mol. The molecule has 0 aromatic heterocycles. The number of Topliss-reactive ketones (excluding diaryl/α,β-unsaturated/α-hetero) is 1. The minimum atomic E-state index is -0.822. The van der Waals surface area contributed by atoms with E-state index in [2.05, 4.69) is 0 Å². The highest BCUT2D eigenvalue weighted by molar-refractivity contribution is 6.37. The molecule has 0 radical (unpaired) electrons. The molecule has 0 bridgehead atoms. The number of hydrogen-bond donors (Lipinski definition) is 0. The maximum atomic E-state index is 10.5. The van der Waals surface area contributed by atoms with Crippen LogP contribution in [0.5, 0.6) is 0 Å². The van der Waals surface area contributed by atoms with Crippen LogP contribution in [0, 0.1) is 0 Å². The Hall–Kier alpha value is -1.58. The van der Waals surface area contributed by atoms with E-state index in [1.54, 1.807) is 0 Å². The first-order valence-corrected chi connectivity index (χ1v) is 2.78. The molecule has 0 saturated carbocycles. The van der Waals surface area contributed by atoms with Crippen LogP contribution < -0.4 is 0 Å². The van der Waals surface area contributed by atoms with Crippen LogP contribution in [-0.2, 0) is 19.2 Å². The van der Waals surface area contributed by atoms with Crippen LogP contribution in [0.3, 0.4) is 0 Å². The standard InChI is InChI=1S/C7H6O4/c1-5(7(11)4-9)2-6(10)3-8/h2-4H,1H3/b5-2-. The van der Waals surface area contributed by atoms with Crippen molar-refractivity contribution in [2.75, 3.05) is 0 Å². The van der Waals surface area contributed by atoms with Crippen molar-refractivity contribution in [3.8, 4) is 0 Å². The summed E-state index contributed by atoms with van der Waals surface area (Å²) in [6.45, 7) is 1.29. The van der Waals surface area contributed by atoms with Crippen LogP contribution in [0.15, 0.2) is 11.6 Å². The van der Waals surface area contributed by atoms with Gasteiger partial charge in [-0.3, -0.25) is 19.2 Å². The first kappa shape index (κ1) is 9.42. The SMILES string of the molecule is C/C(=C/C(=O)C=O)C(=O)C=O. The van der Waals surface area contributed by atoms with E-state index < -0.39 is 11.6 Å². The molecule has 0 heterocycles. The van der Waals surface area contributed by atoms with Crippen LogP contribution in [0.4, 0.5) is 0 Å². The fraction of sp³-hybridized carbons (Fsp3) is 0.143. The largest absolute Gasteiger partial charge is 0.294 e. The van der Waals surface area contributed by atoms with Crippen molar-refractivity contribution < 1.29 is 19.2 Å². The lowest BCUT2D eigenvalue weighted by molar-refractivity contribution is -0.128. The molecule has 0 spiro atoms. The van der Waals surface area contributed by atoms with E-state index in [4.69, 9.17) is 0 Å². The molecule has 0 N–H and O–H groups in total. The summed E-state index contributed by atoms with van der Waals surface area (Å²) in [7, 11) is 0. The van der Waals surface area contributed by atoms with Gasteiger partial charge in [0.05, 0.1) is 0 Å². The highest BCUT2D eigenvalue weighted by atomic mass is 16.2. The normalized spacial score (nSPS) is 10.5. The quantitative estimate of drug-likeness (QED) is 0.310. The summed E-state index contributed by atoms with van der Waals surface area (Å²) in [5.41, 5.74) is -0.0305. The zero-order chi connectivity index (χ0) is 8.85. The highest BCUT2D eigenvalue weighted by Gasteiger charge is 2.03. The van der Waals surface area contributed by atoms with Gasteiger partial charge in [0.15, 0.2) is 12.6 Å². The molecular weight excluding hydrogens is 148 g/mol. The van der Waals surface area contributed by atoms with Gasteiger partial charge in [-0.05, 0) is 13.0 Å². The molecule has 0 aromatic rings. The van der Waals surface area contributed by atoms with E-state index in [1.807, 2.05) is 0 Å². The van der Waals surface area contributed by atoms with E-state index in [9.17, 15) is 19.2 Å². The fourth-order valence-corrected chi connectivity index (χ4v) is 0.411. The minimum Gasteiger partial charge on any atom is -0.294 e. The molecule has 0 aliphatic carbocycles. The van der Waals surface area contributed by atoms with Crippen molar-refractivity contribution in [3.63, 3.8) is 0 Å². The van der Waals surface area contributed by atoms with E-state index in [0.29, 0.717) is 0 Å². The molecule has 0 unspecified atom stereocenters. The molecule has 0 aliphatic rings. The van der Waals surface area contributed by atoms with Crippen LogP contribution in [-0.4, -0.2) is 24.1 Å². The summed E-state index contributed by atoms with van der Waals surface area (Å²) in [5, 5.41) is 0. The number of carbonyl (C=O) groups excluding carboxylic acids is 4. The topological polar surface area (TPSA) is 68.3 Å². The summed E-state index contributed by atoms with van der Waals surface area (Å²) in [5.74, 6) is -1.61. The lowest BCUT2D eigenvalue weighted by Gasteiger charge is -1.87. The average Bonchev–Trinajstić information content (AvgIpc) is 2.02. The molecule has 0 aromatic carbocycles. The Labute approximate surface area is 62.9 Å². The lowest BCUT2D eigenvalue weighted by atomic mass is 10.2. The molecule has 0 fully saturated rings. The van der Waals surface area contributed by atoms with Gasteiger partial charge in [-0.1, -0.05) is 0 Å². The number of carbonyl (C=O) groups is 4. The monoisotopic (exact) mass is 154 g/mol. The van der Waals surface area contributed by atoms with E-state index in [1.165, 1.54) is 6.92 Å². The van der Waals surface area contributed by atoms with Gasteiger partial charge in [0.25, 0.3) is 0 Å². The third kappa shape index (κ3) is 3.20. The van der Waals surface area contributed by atoms with Gasteiger partial charge in [0, 0.05) is 5.57 Å². The van der Waals surface area contributed by atoms with Crippen molar-refractivity contribution in [3.05, 3.63) is 11.6 Å². The van der Waals surface area contributed by atoms with Crippen LogP contribution in [0.25, 0.3) is 0 Å². The van der Waals surface area contributed by atoms with Crippen molar-refractivity contribution in [1.29, 1.82) is 0 Å². The van der Waals surface area contributed by atoms with Gasteiger partial charge in [0.1, 0.15) is 0 Å². The zero-order valence-corrected chi connectivity index (χ0v) is 5.87. The van der Waals surface area contributed by atoms with Crippen molar-refractivity contribution in [1.82, 2.24) is 0 Å². The molecule has 0 rings (SSSR count). The highest BCUT2D eigenvalue weighted by Crippen LogP contribution is 1.91. The van der Waals surface area contributed by atoms with E-state index in [-0.39, 0.29) is 18.1 Å². The van der Waals surface area contributed by atoms with Crippen LogP contribution in [0.2, 0.25) is 0 Å². The molecule has 58 valence electrons. The fourth-order valence-electron chi connectivity index (χ4n) is 0.411. The molecule has 0 amide bonds. The first-order valence-electron chi connectivity index (χ1n) is 2.78. The summed E-state index contributed by atoms with van der Waals surface area (Å²) >= 11 is 0. The van der Waals surface area contributed by atoms with Gasteiger partial charge in [-0.2, -0.15) is 0 Å². The Morgan fingerprint density at radius 2 is 1.64 bits per heavy atom. The predicted octanol–water partition coefficient (Wildman–Crippen LogP) is -0.531. The van der Waals surface area contributed by atoms with Crippen molar-refractivity contribution in [2.24, 2.45) is 0 Å². The zero-order valence-electron chi connectivity index (χ0n) is 5.87. The Morgan fingerprint density at radius 3 is 2.00 bits per heavy atom. The van der Waals surface area contributed by atoms with Crippen molar-refractivity contribution >= 4 is 24.1 Å². The first-order chi connectivity index (χ1) is 5.11.